The molecule has 0 saturated carbocycles. The number of rotatable bonds is 4. The Labute approximate surface area is 119 Å². The molecule has 106 valence electrons. The topological polar surface area (TPSA) is 62.3 Å². The normalized spacial score (nSPS) is 18.4. The second kappa shape index (κ2) is 6.07. The number of pyridine rings is 1. The van der Waals surface area contributed by atoms with Gasteiger partial charge in [-0.2, -0.15) is 0 Å². The van der Waals surface area contributed by atoms with E-state index in [4.69, 9.17) is 11.6 Å². The zero-order chi connectivity index (χ0) is 13.9. The minimum absolute atomic E-state index is 0.469. The molecule has 0 unspecified atom stereocenters. The van der Waals surface area contributed by atoms with E-state index < -0.39 is 10.0 Å². The third-order valence-electron chi connectivity index (χ3n) is 3.36. The Morgan fingerprint density at radius 3 is 2.74 bits per heavy atom. The van der Waals surface area contributed by atoms with E-state index in [0.717, 1.165) is 25.1 Å². The summed E-state index contributed by atoms with van der Waals surface area (Å²) >= 11 is 5.81. The highest BCUT2D eigenvalue weighted by Gasteiger charge is 2.24. The lowest BCUT2D eigenvalue weighted by molar-refractivity contribution is 0.283. The standard InChI is InChI=1S/C12H18ClN3O2S/c1-19(17,18)16-6-3-10(4-7-16)9-15-11-2-5-14-12(13)8-11/h2,5,8,10H,3-4,6-7,9H2,1H3,(H,14,15). The lowest BCUT2D eigenvalue weighted by Crippen LogP contribution is -2.39. The van der Waals surface area contributed by atoms with Crippen LogP contribution in [0.1, 0.15) is 12.8 Å². The molecule has 0 amide bonds. The van der Waals surface area contributed by atoms with Crippen LogP contribution in [0.25, 0.3) is 0 Å². The van der Waals surface area contributed by atoms with Gasteiger partial charge >= 0.3 is 0 Å². The summed E-state index contributed by atoms with van der Waals surface area (Å²) in [7, 11) is -3.03. The van der Waals surface area contributed by atoms with Crippen LogP contribution in [0.2, 0.25) is 5.15 Å². The maximum absolute atomic E-state index is 11.4. The van der Waals surface area contributed by atoms with Crippen LogP contribution in [0.3, 0.4) is 0 Å². The Bertz CT molecular complexity index is 528. The molecule has 1 N–H and O–H groups in total. The van der Waals surface area contributed by atoms with Gasteiger partial charge in [0.25, 0.3) is 0 Å². The first-order valence-electron chi connectivity index (χ1n) is 6.26. The number of piperidine rings is 1. The van der Waals surface area contributed by atoms with Crippen molar-refractivity contribution in [2.75, 3.05) is 31.2 Å². The van der Waals surface area contributed by atoms with Gasteiger partial charge in [-0.25, -0.2) is 17.7 Å². The maximum Gasteiger partial charge on any atom is 0.211 e. The highest BCUT2D eigenvalue weighted by molar-refractivity contribution is 7.88. The number of anilines is 1. The lowest BCUT2D eigenvalue weighted by atomic mass is 9.98. The van der Waals surface area contributed by atoms with E-state index in [1.54, 1.807) is 16.6 Å². The summed E-state index contributed by atoms with van der Waals surface area (Å²) in [5.74, 6) is 0.491. The molecule has 0 aromatic carbocycles. The van der Waals surface area contributed by atoms with Crippen LogP contribution in [0.15, 0.2) is 18.3 Å². The number of nitrogens with zero attached hydrogens (tertiary/aromatic N) is 2. The summed E-state index contributed by atoms with van der Waals surface area (Å²) in [5, 5.41) is 3.79. The second-order valence-corrected chi connectivity index (χ2v) is 7.22. The lowest BCUT2D eigenvalue weighted by Gasteiger charge is -2.30. The second-order valence-electron chi connectivity index (χ2n) is 4.85. The van der Waals surface area contributed by atoms with Crippen molar-refractivity contribution in [3.63, 3.8) is 0 Å². The fraction of sp³-hybridized carbons (Fsp3) is 0.583. The van der Waals surface area contributed by atoms with Gasteiger partial charge in [0.1, 0.15) is 5.15 Å². The van der Waals surface area contributed by atoms with Gasteiger partial charge in [0.15, 0.2) is 0 Å². The van der Waals surface area contributed by atoms with Crippen LogP contribution < -0.4 is 5.32 Å². The number of hydrogen-bond acceptors (Lipinski definition) is 4. The van der Waals surface area contributed by atoms with Gasteiger partial charge in [0.2, 0.25) is 10.0 Å². The summed E-state index contributed by atoms with van der Waals surface area (Å²) in [6.07, 6.45) is 4.71. The number of aromatic nitrogens is 1. The third kappa shape index (κ3) is 4.33. The van der Waals surface area contributed by atoms with Crippen molar-refractivity contribution in [3.05, 3.63) is 23.5 Å². The van der Waals surface area contributed by atoms with Gasteiger partial charge in [0, 0.05) is 31.5 Å². The Morgan fingerprint density at radius 1 is 1.47 bits per heavy atom. The van der Waals surface area contributed by atoms with Crippen molar-refractivity contribution in [2.24, 2.45) is 5.92 Å². The fourth-order valence-corrected chi connectivity index (χ4v) is 3.27. The molecule has 1 aromatic rings. The van der Waals surface area contributed by atoms with Gasteiger partial charge in [-0.05, 0) is 30.9 Å². The molecule has 1 saturated heterocycles. The van der Waals surface area contributed by atoms with Crippen LogP contribution in [-0.2, 0) is 10.0 Å². The molecule has 1 fully saturated rings. The molecule has 0 bridgehead atoms. The van der Waals surface area contributed by atoms with E-state index in [-0.39, 0.29) is 0 Å². The summed E-state index contributed by atoms with van der Waals surface area (Å²) in [5.41, 5.74) is 0.950. The molecule has 2 heterocycles. The Balaban J connectivity index is 1.80. The molecule has 0 atom stereocenters. The molecule has 5 nitrogen and oxygen atoms in total. The SMILES string of the molecule is CS(=O)(=O)N1CCC(CNc2ccnc(Cl)c2)CC1. The molecule has 0 spiro atoms. The minimum atomic E-state index is -3.03. The van der Waals surface area contributed by atoms with Crippen molar-refractivity contribution in [2.45, 2.75) is 12.8 Å². The predicted octanol–water partition coefficient (Wildman–Crippen LogP) is 1.82. The Hall–Kier alpha value is -0.850. The van der Waals surface area contributed by atoms with Crippen molar-refractivity contribution in [1.82, 2.24) is 9.29 Å². The van der Waals surface area contributed by atoms with Crippen LogP contribution >= 0.6 is 11.6 Å². The quantitative estimate of drug-likeness (QED) is 0.862. The van der Waals surface area contributed by atoms with Gasteiger partial charge in [-0.1, -0.05) is 11.6 Å². The number of hydrogen-bond donors (Lipinski definition) is 1. The molecule has 7 heteroatoms. The first kappa shape index (κ1) is 14.6. The smallest absolute Gasteiger partial charge is 0.211 e. The third-order valence-corrected chi connectivity index (χ3v) is 4.87. The van der Waals surface area contributed by atoms with E-state index >= 15 is 0 Å². The molecular formula is C12H18ClN3O2S. The zero-order valence-electron chi connectivity index (χ0n) is 10.8. The van der Waals surface area contributed by atoms with Gasteiger partial charge < -0.3 is 5.32 Å². The van der Waals surface area contributed by atoms with Crippen molar-refractivity contribution in [1.29, 1.82) is 0 Å². The minimum Gasteiger partial charge on any atom is -0.385 e. The molecule has 0 aliphatic carbocycles. The first-order chi connectivity index (χ1) is 8.95. The zero-order valence-corrected chi connectivity index (χ0v) is 12.4. The van der Waals surface area contributed by atoms with E-state index in [1.165, 1.54) is 6.26 Å². The van der Waals surface area contributed by atoms with E-state index in [1.807, 2.05) is 6.07 Å². The molecule has 1 aliphatic heterocycles. The Kier molecular flexibility index (Phi) is 4.65. The van der Waals surface area contributed by atoms with Crippen LogP contribution in [0, 0.1) is 5.92 Å². The summed E-state index contributed by atoms with van der Waals surface area (Å²) in [6.45, 7) is 2.06. The summed E-state index contributed by atoms with van der Waals surface area (Å²) in [4.78, 5) is 3.92. The van der Waals surface area contributed by atoms with Crippen molar-refractivity contribution in [3.8, 4) is 0 Å². The maximum atomic E-state index is 11.4. The van der Waals surface area contributed by atoms with Crippen LogP contribution in [-0.4, -0.2) is 43.6 Å². The summed E-state index contributed by atoms with van der Waals surface area (Å²) in [6, 6.07) is 3.66. The van der Waals surface area contributed by atoms with Crippen molar-refractivity contribution < 1.29 is 8.42 Å². The van der Waals surface area contributed by atoms with Gasteiger partial charge in [0.05, 0.1) is 6.26 Å². The number of sulfonamides is 1. The van der Waals surface area contributed by atoms with Crippen LogP contribution in [0.5, 0.6) is 0 Å². The highest BCUT2D eigenvalue weighted by Crippen LogP contribution is 2.20. The molecule has 0 radical (unpaired) electrons. The molecule has 2 rings (SSSR count). The average Bonchev–Trinajstić information content (AvgIpc) is 2.36. The van der Waals surface area contributed by atoms with Crippen molar-refractivity contribution >= 4 is 27.3 Å². The Morgan fingerprint density at radius 2 is 2.16 bits per heavy atom. The monoisotopic (exact) mass is 303 g/mol. The molecule has 1 aromatic heterocycles. The summed E-state index contributed by atoms with van der Waals surface area (Å²) < 4.78 is 24.3. The van der Waals surface area contributed by atoms with E-state index in [2.05, 4.69) is 10.3 Å². The predicted molar refractivity (Wildman–Crippen MR) is 76.9 cm³/mol. The van der Waals surface area contributed by atoms with Gasteiger partial charge in [-0.3, -0.25) is 0 Å². The molecule has 1 aliphatic rings. The van der Waals surface area contributed by atoms with Gasteiger partial charge in [-0.15, -0.1) is 0 Å². The van der Waals surface area contributed by atoms with E-state index in [0.29, 0.717) is 24.2 Å². The highest BCUT2D eigenvalue weighted by atomic mass is 35.5. The molecular weight excluding hydrogens is 286 g/mol. The number of halogens is 1. The largest absolute Gasteiger partial charge is 0.385 e. The average molecular weight is 304 g/mol. The van der Waals surface area contributed by atoms with E-state index in [9.17, 15) is 8.42 Å². The number of nitrogens with one attached hydrogen (secondary N) is 1. The molecule has 19 heavy (non-hydrogen) atoms. The first-order valence-corrected chi connectivity index (χ1v) is 8.48. The van der Waals surface area contributed by atoms with Crippen LogP contribution in [0.4, 0.5) is 5.69 Å². The fourth-order valence-electron chi connectivity index (χ4n) is 2.22.